The van der Waals surface area contributed by atoms with Crippen LogP contribution in [-0.4, -0.2) is 23.8 Å². The van der Waals surface area contributed by atoms with Crippen molar-refractivity contribution in [3.63, 3.8) is 0 Å². The van der Waals surface area contributed by atoms with Crippen LogP contribution in [0.2, 0.25) is 0 Å². The molecule has 0 unspecified atom stereocenters. The number of rotatable bonds is 3. The van der Waals surface area contributed by atoms with Gasteiger partial charge in [-0.15, -0.1) is 0 Å². The van der Waals surface area contributed by atoms with E-state index in [1.807, 2.05) is 62.4 Å². The molecule has 170 valence electrons. The minimum atomic E-state index is -0.717. The molecule has 1 aliphatic heterocycles. The molecule has 7 rings (SSSR count). The van der Waals surface area contributed by atoms with E-state index >= 15 is 0 Å². The number of amides is 2. The van der Waals surface area contributed by atoms with Crippen molar-refractivity contribution < 1.29 is 19.2 Å². The zero-order valence-electron chi connectivity index (χ0n) is 18.9. The molecule has 2 amide bonds. The van der Waals surface area contributed by atoms with Gasteiger partial charge in [0, 0.05) is 23.0 Å². The number of imide groups is 1. The lowest BCUT2D eigenvalue weighted by atomic mass is 9.42. The summed E-state index contributed by atoms with van der Waals surface area (Å²) in [5.41, 5.74) is 2.66. The number of carbonyl (C=O) groups excluding carboxylic acids is 2. The second kappa shape index (κ2) is 6.53. The lowest BCUT2D eigenvalue weighted by Crippen LogP contribution is -2.59. The van der Waals surface area contributed by atoms with Crippen molar-refractivity contribution in [1.82, 2.24) is 0 Å². The van der Waals surface area contributed by atoms with E-state index in [1.54, 1.807) is 0 Å². The van der Waals surface area contributed by atoms with E-state index in [0.717, 1.165) is 27.2 Å². The molecule has 4 aliphatic rings. The van der Waals surface area contributed by atoms with Crippen LogP contribution < -0.4 is 9.64 Å². The zero-order valence-corrected chi connectivity index (χ0v) is 18.9. The Labute approximate surface area is 196 Å². The van der Waals surface area contributed by atoms with Crippen LogP contribution in [0.4, 0.5) is 11.4 Å². The van der Waals surface area contributed by atoms with E-state index in [-0.39, 0.29) is 28.9 Å². The number of hydrogen-bond acceptors (Lipinski definition) is 5. The van der Waals surface area contributed by atoms with Gasteiger partial charge in [-0.3, -0.25) is 19.7 Å². The second-order valence-corrected chi connectivity index (χ2v) is 9.58. The van der Waals surface area contributed by atoms with Crippen LogP contribution in [0, 0.1) is 22.0 Å². The van der Waals surface area contributed by atoms with Gasteiger partial charge in [-0.1, -0.05) is 62.4 Å². The quantitative estimate of drug-likeness (QED) is 0.334. The third-order valence-corrected chi connectivity index (χ3v) is 8.26. The first-order chi connectivity index (χ1) is 16.3. The first kappa shape index (κ1) is 20.6. The summed E-state index contributed by atoms with van der Waals surface area (Å²) < 4.78 is 5.42. The summed E-state index contributed by atoms with van der Waals surface area (Å²) in [6.07, 6.45) is 0. The Morgan fingerprint density at radius 1 is 0.824 bits per heavy atom. The van der Waals surface area contributed by atoms with Crippen LogP contribution in [0.3, 0.4) is 0 Å². The monoisotopic (exact) mass is 454 g/mol. The highest BCUT2D eigenvalue weighted by molar-refractivity contribution is 6.24. The van der Waals surface area contributed by atoms with Gasteiger partial charge in [-0.25, -0.2) is 4.90 Å². The van der Waals surface area contributed by atoms with Crippen LogP contribution in [-0.2, 0) is 20.4 Å². The molecule has 2 bridgehead atoms. The van der Waals surface area contributed by atoms with Crippen LogP contribution in [0.15, 0.2) is 66.7 Å². The lowest BCUT2D eigenvalue weighted by molar-refractivity contribution is -0.384. The maximum Gasteiger partial charge on any atom is 0.271 e. The Morgan fingerprint density at radius 3 is 1.65 bits per heavy atom. The third kappa shape index (κ3) is 2.17. The molecular weight excluding hydrogens is 432 g/mol. The number of nitro benzene ring substituents is 1. The molecule has 2 atom stereocenters. The second-order valence-electron chi connectivity index (χ2n) is 9.58. The van der Waals surface area contributed by atoms with Gasteiger partial charge in [0.05, 0.1) is 23.9 Å². The van der Waals surface area contributed by atoms with Crippen LogP contribution in [0.25, 0.3) is 0 Å². The number of ether oxygens (including phenoxy) is 1. The van der Waals surface area contributed by atoms with Gasteiger partial charge in [0.2, 0.25) is 11.8 Å². The summed E-state index contributed by atoms with van der Waals surface area (Å²) in [6, 6.07) is 20.0. The number of anilines is 1. The summed E-state index contributed by atoms with van der Waals surface area (Å²) in [6.45, 7) is 4.08. The van der Waals surface area contributed by atoms with Gasteiger partial charge in [0.25, 0.3) is 5.69 Å². The largest absolute Gasteiger partial charge is 0.495 e. The molecule has 0 saturated carbocycles. The molecule has 7 heteroatoms. The van der Waals surface area contributed by atoms with E-state index in [1.165, 1.54) is 25.3 Å². The minimum absolute atomic E-state index is 0.112. The molecule has 0 radical (unpaired) electrons. The normalized spacial score (nSPS) is 28.4. The van der Waals surface area contributed by atoms with Crippen molar-refractivity contribution >= 4 is 23.2 Å². The summed E-state index contributed by atoms with van der Waals surface area (Å²) in [4.78, 5) is 40.3. The number of benzene rings is 3. The number of nitrogens with zero attached hydrogens (tertiary/aromatic N) is 2. The van der Waals surface area contributed by atoms with Gasteiger partial charge in [0.15, 0.2) is 0 Å². The van der Waals surface area contributed by atoms with Crippen molar-refractivity contribution in [2.45, 2.75) is 24.7 Å². The Balaban J connectivity index is 1.63. The Bertz CT molecular complexity index is 1310. The highest BCUT2D eigenvalue weighted by atomic mass is 16.6. The number of nitro groups is 1. The average molecular weight is 454 g/mol. The number of non-ortho nitro benzene ring substituents is 1. The van der Waals surface area contributed by atoms with Crippen LogP contribution in [0.5, 0.6) is 5.75 Å². The predicted octanol–water partition coefficient (Wildman–Crippen LogP) is 4.35. The molecule has 34 heavy (non-hydrogen) atoms. The highest BCUT2D eigenvalue weighted by Crippen LogP contribution is 2.66. The number of carbonyl (C=O) groups is 2. The van der Waals surface area contributed by atoms with Gasteiger partial charge in [-0.2, -0.15) is 0 Å². The smallest absolute Gasteiger partial charge is 0.271 e. The Morgan fingerprint density at radius 2 is 1.26 bits per heavy atom. The summed E-state index contributed by atoms with van der Waals surface area (Å²) >= 11 is 0. The average Bonchev–Trinajstić information content (AvgIpc) is 3.13. The van der Waals surface area contributed by atoms with E-state index in [0.29, 0.717) is 0 Å². The van der Waals surface area contributed by atoms with E-state index in [9.17, 15) is 19.7 Å². The topological polar surface area (TPSA) is 89.8 Å². The van der Waals surface area contributed by atoms with Gasteiger partial charge >= 0.3 is 0 Å². The van der Waals surface area contributed by atoms with Gasteiger partial charge in [0.1, 0.15) is 11.4 Å². The first-order valence-corrected chi connectivity index (χ1v) is 11.2. The minimum Gasteiger partial charge on any atom is -0.495 e. The maximum atomic E-state index is 14.1. The third-order valence-electron chi connectivity index (χ3n) is 8.26. The van der Waals surface area contributed by atoms with E-state index in [2.05, 4.69) is 0 Å². The molecule has 1 heterocycles. The summed E-state index contributed by atoms with van der Waals surface area (Å²) in [7, 11) is 1.42. The van der Waals surface area contributed by atoms with E-state index in [4.69, 9.17) is 4.74 Å². The zero-order chi connectivity index (χ0) is 24.0. The fourth-order valence-electron chi connectivity index (χ4n) is 6.77. The molecule has 1 fully saturated rings. The molecule has 3 aromatic rings. The Kier molecular flexibility index (Phi) is 3.96. The molecule has 0 aromatic heterocycles. The highest BCUT2D eigenvalue weighted by Gasteiger charge is 2.70. The summed E-state index contributed by atoms with van der Waals surface area (Å²) in [5, 5.41) is 11.5. The van der Waals surface area contributed by atoms with Crippen LogP contribution >= 0.6 is 0 Å². The molecule has 7 nitrogen and oxygen atoms in total. The number of hydrogen-bond donors (Lipinski definition) is 0. The van der Waals surface area contributed by atoms with Crippen molar-refractivity contribution in [3.05, 3.63) is 99.1 Å². The van der Waals surface area contributed by atoms with Crippen molar-refractivity contribution in [2.24, 2.45) is 11.8 Å². The lowest BCUT2D eigenvalue weighted by Gasteiger charge is -2.57. The fraction of sp³-hybridized carbons (Fsp3) is 0.259. The molecule has 3 aromatic carbocycles. The van der Waals surface area contributed by atoms with Crippen LogP contribution in [0.1, 0.15) is 36.1 Å². The van der Waals surface area contributed by atoms with Crippen molar-refractivity contribution in [3.8, 4) is 5.75 Å². The molecule has 0 spiro atoms. The van der Waals surface area contributed by atoms with Gasteiger partial charge in [-0.05, 0) is 28.3 Å². The first-order valence-electron chi connectivity index (χ1n) is 11.2. The van der Waals surface area contributed by atoms with Crippen molar-refractivity contribution in [1.29, 1.82) is 0 Å². The standard InChI is InChI=1S/C27H22N2O5/c1-26-16-8-4-6-10-18(16)27(2,19-11-7-5-9-17(19)26)23-22(26)24(30)28(25(23)31)20-14-15(29(32)33)12-13-21(20)34-3/h4-14,22-23H,1-3H3/t22-,23-,26?,27?/m1/s1. The molecular formula is C27H22N2O5. The van der Waals surface area contributed by atoms with Crippen molar-refractivity contribution in [2.75, 3.05) is 12.0 Å². The van der Waals surface area contributed by atoms with Gasteiger partial charge < -0.3 is 4.74 Å². The van der Waals surface area contributed by atoms with E-state index < -0.39 is 27.6 Å². The Hall–Kier alpha value is -4.00. The molecule has 0 N–H and O–H groups in total. The maximum absolute atomic E-state index is 14.1. The SMILES string of the molecule is COc1ccc([N+](=O)[O-])cc1N1C(=O)[C@H]2[C@H](C1=O)C1(C)c3ccccc3C2(C)c2ccccc21. The fourth-order valence-corrected chi connectivity index (χ4v) is 6.77. The number of methoxy groups -OCH3 is 1. The molecule has 3 aliphatic carbocycles. The predicted molar refractivity (Wildman–Crippen MR) is 125 cm³/mol. The summed E-state index contributed by atoms with van der Waals surface area (Å²) in [5.74, 6) is -1.75. The molecule has 1 saturated heterocycles.